The van der Waals surface area contributed by atoms with E-state index in [1.54, 1.807) is 19.5 Å². The summed E-state index contributed by atoms with van der Waals surface area (Å²) in [5.74, 6) is 0.686. The van der Waals surface area contributed by atoms with Crippen molar-refractivity contribution in [2.75, 3.05) is 25.7 Å². The van der Waals surface area contributed by atoms with Crippen molar-refractivity contribution in [2.24, 2.45) is 0 Å². The number of nitrogens with zero attached hydrogens (tertiary/aromatic N) is 1. The van der Waals surface area contributed by atoms with Crippen molar-refractivity contribution in [3.05, 3.63) is 24.0 Å². The van der Waals surface area contributed by atoms with Crippen molar-refractivity contribution in [2.45, 2.75) is 19.4 Å². The molecule has 102 valence electrons. The predicted octanol–water partition coefficient (Wildman–Crippen LogP) is 1.18. The molecule has 0 spiro atoms. The van der Waals surface area contributed by atoms with Gasteiger partial charge in [0.15, 0.2) is 0 Å². The van der Waals surface area contributed by atoms with E-state index in [4.69, 9.17) is 4.74 Å². The molecule has 0 saturated carbocycles. The van der Waals surface area contributed by atoms with Gasteiger partial charge >= 0.3 is 0 Å². The van der Waals surface area contributed by atoms with E-state index in [0.717, 1.165) is 18.5 Å². The third kappa shape index (κ3) is 5.01. The largest absolute Gasteiger partial charge is 0.495 e. The van der Waals surface area contributed by atoms with Crippen LogP contribution in [0.4, 0.5) is 0 Å². The Bertz CT molecular complexity index is 474. The number of rotatable bonds is 7. The number of pyridine rings is 1. The first-order valence-electron chi connectivity index (χ1n) is 5.86. The molecule has 6 heteroatoms. The van der Waals surface area contributed by atoms with Crippen LogP contribution < -0.4 is 10.1 Å². The Balaban J connectivity index is 2.93. The summed E-state index contributed by atoms with van der Waals surface area (Å²) in [5, 5.41) is 3.22. The smallest absolute Gasteiger partial charge is 0.149 e. The minimum Gasteiger partial charge on any atom is -0.495 e. The van der Waals surface area contributed by atoms with Crippen molar-refractivity contribution < 1.29 is 13.2 Å². The number of methoxy groups -OCH3 is 1. The molecule has 1 rings (SSSR count). The lowest BCUT2D eigenvalue weighted by Gasteiger charge is -2.18. The van der Waals surface area contributed by atoms with E-state index in [0.29, 0.717) is 5.75 Å². The summed E-state index contributed by atoms with van der Waals surface area (Å²) in [6, 6.07) is 1.56. The second-order valence-corrected chi connectivity index (χ2v) is 6.44. The Morgan fingerprint density at radius 1 is 1.44 bits per heavy atom. The summed E-state index contributed by atoms with van der Waals surface area (Å²) in [6.45, 7) is 2.80. The molecule has 18 heavy (non-hydrogen) atoms. The van der Waals surface area contributed by atoms with Crippen LogP contribution >= 0.6 is 0 Å². The molecule has 0 aliphatic heterocycles. The molecule has 1 atom stereocenters. The number of hydrogen-bond donors (Lipinski definition) is 1. The molecule has 0 radical (unpaired) electrons. The van der Waals surface area contributed by atoms with E-state index in [-0.39, 0.29) is 11.8 Å². The molecular formula is C12H20N2O3S. The van der Waals surface area contributed by atoms with Crippen LogP contribution in [-0.4, -0.2) is 39.1 Å². The Morgan fingerprint density at radius 2 is 2.17 bits per heavy atom. The maximum absolute atomic E-state index is 11.4. The summed E-state index contributed by atoms with van der Waals surface area (Å²) in [5.41, 5.74) is 0.827. The minimum absolute atomic E-state index is 0.0574. The van der Waals surface area contributed by atoms with Gasteiger partial charge < -0.3 is 10.1 Å². The molecular weight excluding hydrogens is 252 g/mol. The van der Waals surface area contributed by atoms with Crippen LogP contribution in [0.25, 0.3) is 0 Å². The first-order valence-corrected chi connectivity index (χ1v) is 7.92. The van der Waals surface area contributed by atoms with Crippen LogP contribution in [0.2, 0.25) is 0 Å². The second kappa shape index (κ2) is 6.70. The average Bonchev–Trinajstić information content (AvgIpc) is 2.33. The van der Waals surface area contributed by atoms with Crippen molar-refractivity contribution in [1.82, 2.24) is 10.3 Å². The Morgan fingerprint density at radius 3 is 2.72 bits per heavy atom. The zero-order valence-electron chi connectivity index (χ0n) is 11.0. The molecule has 0 aliphatic rings. The highest BCUT2D eigenvalue weighted by Gasteiger charge is 2.17. The van der Waals surface area contributed by atoms with Gasteiger partial charge in [0, 0.05) is 18.5 Å². The van der Waals surface area contributed by atoms with E-state index >= 15 is 0 Å². The zero-order chi connectivity index (χ0) is 13.6. The highest BCUT2D eigenvalue weighted by Crippen LogP contribution is 2.19. The number of sulfone groups is 1. The van der Waals surface area contributed by atoms with Gasteiger partial charge in [-0.25, -0.2) is 8.42 Å². The predicted molar refractivity (Wildman–Crippen MR) is 71.5 cm³/mol. The molecule has 0 amide bonds. The van der Waals surface area contributed by atoms with Gasteiger partial charge in [0.05, 0.1) is 19.1 Å². The molecule has 1 aromatic rings. The molecule has 0 fully saturated rings. The standard InChI is InChI=1S/C12H20N2O3S/c1-4-5-14-12(9-18(3,15)16)10-6-11(17-2)8-13-7-10/h6-8,12,14H,4-5,9H2,1-3H3. The van der Waals surface area contributed by atoms with Crippen molar-refractivity contribution in [1.29, 1.82) is 0 Å². The lowest BCUT2D eigenvalue weighted by atomic mass is 10.1. The molecule has 0 aliphatic carbocycles. The Hall–Kier alpha value is -1.14. The van der Waals surface area contributed by atoms with Crippen molar-refractivity contribution in [3.8, 4) is 5.75 Å². The van der Waals surface area contributed by atoms with Gasteiger partial charge in [-0.05, 0) is 24.6 Å². The third-order valence-electron chi connectivity index (χ3n) is 2.48. The van der Waals surface area contributed by atoms with E-state index in [2.05, 4.69) is 10.3 Å². The first-order chi connectivity index (χ1) is 8.46. The highest BCUT2D eigenvalue weighted by atomic mass is 32.2. The van der Waals surface area contributed by atoms with Gasteiger partial charge in [0.2, 0.25) is 0 Å². The topological polar surface area (TPSA) is 68.3 Å². The van der Waals surface area contributed by atoms with Gasteiger partial charge in [-0.15, -0.1) is 0 Å². The Labute approximate surface area is 108 Å². The van der Waals surface area contributed by atoms with Crippen LogP contribution in [-0.2, 0) is 9.84 Å². The van der Waals surface area contributed by atoms with Gasteiger partial charge in [-0.2, -0.15) is 0 Å². The summed E-state index contributed by atoms with van der Waals surface area (Å²) < 4.78 is 28.0. The van der Waals surface area contributed by atoms with Crippen LogP contribution in [0.5, 0.6) is 5.75 Å². The number of nitrogens with one attached hydrogen (secondary N) is 1. The van der Waals surface area contributed by atoms with Gasteiger partial charge in [-0.3, -0.25) is 4.98 Å². The summed E-state index contributed by atoms with van der Waals surface area (Å²) in [6.07, 6.45) is 5.45. The fraction of sp³-hybridized carbons (Fsp3) is 0.583. The summed E-state index contributed by atoms with van der Waals surface area (Å²) >= 11 is 0. The molecule has 1 heterocycles. The lowest BCUT2D eigenvalue weighted by molar-refractivity contribution is 0.411. The van der Waals surface area contributed by atoms with Crippen LogP contribution in [0.1, 0.15) is 24.9 Å². The van der Waals surface area contributed by atoms with Crippen molar-refractivity contribution in [3.63, 3.8) is 0 Å². The zero-order valence-corrected chi connectivity index (χ0v) is 11.8. The minimum atomic E-state index is -3.05. The van der Waals surface area contributed by atoms with E-state index < -0.39 is 9.84 Å². The SMILES string of the molecule is CCCNC(CS(C)(=O)=O)c1cncc(OC)c1. The summed E-state index contributed by atoms with van der Waals surface area (Å²) in [4.78, 5) is 4.05. The number of aromatic nitrogens is 1. The van der Waals surface area contributed by atoms with Crippen LogP contribution in [0, 0.1) is 0 Å². The number of ether oxygens (including phenoxy) is 1. The Kier molecular flexibility index (Phi) is 5.55. The highest BCUT2D eigenvalue weighted by molar-refractivity contribution is 7.90. The molecule has 0 saturated heterocycles. The van der Waals surface area contributed by atoms with Gasteiger partial charge in [-0.1, -0.05) is 6.92 Å². The molecule has 0 aromatic carbocycles. The fourth-order valence-electron chi connectivity index (χ4n) is 1.63. The van der Waals surface area contributed by atoms with Gasteiger partial charge in [0.25, 0.3) is 0 Å². The molecule has 5 nitrogen and oxygen atoms in total. The van der Waals surface area contributed by atoms with Crippen LogP contribution in [0.3, 0.4) is 0 Å². The quantitative estimate of drug-likeness (QED) is 0.807. The van der Waals surface area contributed by atoms with E-state index in [1.165, 1.54) is 6.26 Å². The maximum atomic E-state index is 11.4. The molecule has 1 aromatic heterocycles. The summed E-state index contributed by atoms with van der Waals surface area (Å²) in [7, 11) is -1.49. The fourth-order valence-corrected chi connectivity index (χ4v) is 2.55. The van der Waals surface area contributed by atoms with E-state index in [1.807, 2.05) is 13.0 Å². The van der Waals surface area contributed by atoms with Crippen LogP contribution in [0.15, 0.2) is 18.5 Å². The second-order valence-electron chi connectivity index (χ2n) is 4.26. The molecule has 1 unspecified atom stereocenters. The lowest BCUT2D eigenvalue weighted by Crippen LogP contribution is -2.28. The number of hydrogen-bond acceptors (Lipinski definition) is 5. The van der Waals surface area contributed by atoms with Crippen molar-refractivity contribution >= 4 is 9.84 Å². The van der Waals surface area contributed by atoms with E-state index in [9.17, 15) is 8.42 Å². The monoisotopic (exact) mass is 272 g/mol. The first kappa shape index (κ1) is 14.9. The normalized spacial score (nSPS) is 13.3. The third-order valence-corrected chi connectivity index (χ3v) is 3.42. The average molecular weight is 272 g/mol. The molecule has 0 bridgehead atoms. The maximum Gasteiger partial charge on any atom is 0.149 e. The van der Waals surface area contributed by atoms with Gasteiger partial charge in [0.1, 0.15) is 15.6 Å². The molecule has 1 N–H and O–H groups in total.